The van der Waals surface area contributed by atoms with E-state index < -0.39 is 16.9 Å². The molecule has 1 aromatic carbocycles. The molecule has 0 saturated carbocycles. The SMILES string of the molecule is CN[C@@H](CSc1cccc(OC)c1[N+](=O)[O-])C(=O)O. The molecular formula is C11H14N2O5S. The Labute approximate surface area is 114 Å². The highest BCUT2D eigenvalue weighted by Crippen LogP contribution is 2.37. The lowest BCUT2D eigenvalue weighted by atomic mass is 10.3. The van der Waals surface area contributed by atoms with Gasteiger partial charge in [-0.25, -0.2) is 0 Å². The number of ether oxygens (including phenoxy) is 1. The van der Waals surface area contributed by atoms with Crippen molar-refractivity contribution in [3.63, 3.8) is 0 Å². The molecule has 0 aliphatic carbocycles. The van der Waals surface area contributed by atoms with E-state index in [1.807, 2.05) is 0 Å². The van der Waals surface area contributed by atoms with E-state index in [1.165, 1.54) is 20.2 Å². The highest BCUT2D eigenvalue weighted by Gasteiger charge is 2.23. The van der Waals surface area contributed by atoms with E-state index in [4.69, 9.17) is 9.84 Å². The normalized spacial score (nSPS) is 11.9. The molecule has 104 valence electrons. The Morgan fingerprint density at radius 1 is 1.63 bits per heavy atom. The monoisotopic (exact) mass is 286 g/mol. The zero-order chi connectivity index (χ0) is 14.4. The van der Waals surface area contributed by atoms with Gasteiger partial charge in [-0.2, -0.15) is 0 Å². The predicted molar refractivity (Wildman–Crippen MR) is 70.9 cm³/mol. The van der Waals surface area contributed by atoms with Gasteiger partial charge in [0, 0.05) is 5.75 Å². The number of nitrogens with one attached hydrogen (secondary N) is 1. The highest BCUT2D eigenvalue weighted by atomic mass is 32.2. The molecule has 7 nitrogen and oxygen atoms in total. The van der Waals surface area contributed by atoms with Crippen molar-refractivity contribution in [2.24, 2.45) is 0 Å². The third kappa shape index (κ3) is 3.83. The molecule has 0 aromatic heterocycles. The molecule has 0 radical (unpaired) electrons. The molecule has 2 N–H and O–H groups in total. The lowest BCUT2D eigenvalue weighted by molar-refractivity contribution is -0.388. The number of carboxylic acids is 1. The van der Waals surface area contributed by atoms with Gasteiger partial charge in [-0.1, -0.05) is 6.07 Å². The lowest BCUT2D eigenvalue weighted by Crippen LogP contribution is -2.35. The number of benzene rings is 1. The maximum Gasteiger partial charge on any atom is 0.324 e. The van der Waals surface area contributed by atoms with Crippen molar-refractivity contribution < 1.29 is 19.6 Å². The van der Waals surface area contributed by atoms with E-state index in [2.05, 4.69) is 5.32 Å². The topological polar surface area (TPSA) is 102 Å². The zero-order valence-corrected chi connectivity index (χ0v) is 11.3. The first-order valence-corrected chi connectivity index (χ1v) is 6.34. The van der Waals surface area contributed by atoms with Crippen molar-refractivity contribution in [1.29, 1.82) is 0 Å². The van der Waals surface area contributed by atoms with E-state index in [0.717, 1.165) is 11.8 Å². The number of aliphatic carboxylic acids is 1. The van der Waals surface area contributed by atoms with Crippen LogP contribution in [0.5, 0.6) is 5.75 Å². The zero-order valence-electron chi connectivity index (χ0n) is 10.5. The average molecular weight is 286 g/mol. The van der Waals surface area contributed by atoms with Crippen LogP contribution in [-0.2, 0) is 4.79 Å². The number of nitro benzene ring substituents is 1. The molecule has 1 rings (SSSR count). The van der Waals surface area contributed by atoms with Crippen LogP contribution < -0.4 is 10.1 Å². The quantitative estimate of drug-likeness (QED) is 0.443. The number of hydrogen-bond acceptors (Lipinski definition) is 6. The number of carbonyl (C=O) groups is 1. The Balaban J connectivity index is 2.95. The molecule has 1 atom stereocenters. The molecule has 0 saturated heterocycles. The molecule has 0 fully saturated rings. The van der Waals surface area contributed by atoms with Crippen LogP contribution in [0.3, 0.4) is 0 Å². The van der Waals surface area contributed by atoms with Crippen LogP contribution in [-0.4, -0.2) is 42.0 Å². The Bertz CT molecular complexity index is 480. The molecule has 0 aliphatic heterocycles. The van der Waals surface area contributed by atoms with Crippen LogP contribution in [0.15, 0.2) is 23.1 Å². The second-order valence-electron chi connectivity index (χ2n) is 3.55. The summed E-state index contributed by atoms with van der Waals surface area (Å²) in [4.78, 5) is 21.7. The fourth-order valence-corrected chi connectivity index (χ4v) is 2.56. The van der Waals surface area contributed by atoms with Crippen LogP contribution in [0, 0.1) is 10.1 Å². The van der Waals surface area contributed by atoms with Crippen molar-refractivity contribution in [1.82, 2.24) is 5.32 Å². The summed E-state index contributed by atoms with van der Waals surface area (Å²) in [6, 6.07) is 3.92. The lowest BCUT2D eigenvalue weighted by Gasteiger charge is -2.11. The van der Waals surface area contributed by atoms with Crippen molar-refractivity contribution in [2.45, 2.75) is 10.9 Å². The third-order valence-corrected chi connectivity index (χ3v) is 3.56. The molecule has 1 aromatic rings. The van der Waals surface area contributed by atoms with Gasteiger partial charge in [0.25, 0.3) is 0 Å². The molecule has 0 bridgehead atoms. The van der Waals surface area contributed by atoms with Gasteiger partial charge < -0.3 is 15.2 Å². The number of thioether (sulfide) groups is 1. The molecule has 0 spiro atoms. The Morgan fingerprint density at radius 2 is 2.32 bits per heavy atom. The second-order valence-corrected chi connectivity index (χ2v) is 4.62. The predicted octanol–water partition coefficient (Wildman–Crippen LogP) is 1.37. The fraction of sp³-hybridized carbons (Fsp3) is 0.364. The number of likely N-dealkylation sites (N-methyl/N-ethyl adjacent to an activating group) is 1. The standard InChI is InChI=1S/C11H14N2O5S/c1-12-7(11(14)15)6-19-9-5-3-4-8(18-2)10(9)13(16)17/h3-5,7,12H,6H2,1-2H3,(H,14,15)/t7-/m0/s1. The third-order valence-electron chi connectivity index (χ3n) is 2.42. The molecule has 0 aliphatic rings. The van der Waals surface area contributed by atoms with E-state index >= 15 is 0 Å². The summed E-state index contributed by atoms with van der Waals surface area (Å²) in [5.74, 6) is -0.660. The first-order valence-electron chi connectivity index (χ1n) is 5.35. The van der Waals surface area contributed by atoms with Gasteiger partial charge in [-0.3, -0.25) is 14.9 Å². The molecule has 0 unspecified atom stereocenters. The van der Waals surface area contributed by atoms with Crippen LogP contribution in [0.2, 0.25) is 0 Å². The largest absolute Gasteiger partial charge is 0.490 e. The van der Waals surface area contributed by atoms with Gasteiger partial charge in [0.1, 0.15) is 6.04 Å². The first-order chi connectivity index (χ1) is 9.01. The van der Waals surface area contributed by atoms with Crippen molar-refractivity contribution in [2.75, 3.05) is 19.9 Å². The van der Waals surface area contributed by atoms with Crippen molar-refractivity contribution in [3.8, 4) is 5.75 Å². The highest BCUT2D eigenvalue weighted by molar-refractivity contribution is 7.99. The summed E-state index contributed by atoms with van der Waals surface area (Å²) in [6.07, 6.45) is 0. The molecule has 19 heavy (non-hydrogen) atoms. The summed E-state index contributed by atoms with van der Waals surface area (Å²) in [7, 11) is 2.88. The molecular weight excluding hydrogens is 272 g/mol. The smallest absolute Gasteiger partial charge is 0.324 e. The van der Waals surface area contributed by atoms with E-state index in [9.17, 15) is 14.9 Å². The average Bonchev–Trinajstić information content (AvgIpc) is 2.38. The summed E-state index contributed by atoms with van der Waals surface area (Å²) < 4.78 is 4.94. The number of rotatable bonds is 7. The molecule has 8 heteroatoms. The number of nitro groups is 1. The van der Waals surface area contributed by atoms with Gasteiger partial charge in [0.05, 0.1) is 16.9 Å². The number of methoxy groups -OCH3 is 1. The summed E-state index contributed by atoms with van der Waals surface area (Å²) in [5.41, 5.74) is -0.143. The summed E-state index contributed by atoms with van der Waals surface area (Å²) in [5, 5.41) is 22.6. The summed E-state index contributed by atoms with van der Waals surface area (Å²) >= 11 is 1.10. The summed E-state index contributed by atoms with van der Waals surface area (Å²) in [6.45, 7) is 0. The number of para-hydroxylation sites is 1. The van der Waals surface area contributed by atoms with Gasteiger partial charge in [-0.05, 0) is 19.2 Å². The number of nitrogens with zero attached hydrogens (tertiary/aromatic N) is 1. The number of carboxylic acid groups (broad SMARTS) is 1. The van der Waals surface area contributed by atoms with Crippen molar-refractivity contribution in [3.05, 3.63) is 28.3 Å². The van der Waals surface area contributed by atoms with Crippen LogP contribution in [0.1, 0.15) is 0 Å². The van der Waals surface area contributed by atoms with Gasteiger partial charge in [-0.15, -0.1) is 11.8 Å². The first kappa shape index (κ1) is 15.3. The van der Waals surface area contributed by atoms with E-state index in [0.29, 0.717) is 4.90 Å². The fourth-order valence-electron chi connectivity index (χ4n) is 1.41. The Hall–Kier alpha value is -1.80. The Morgan fingerprint density at radius 3 is 2.79 bits per heavy atom. The van der Waals surface area contributed by atoms with Crippen LogP contribution in [0.25, 0.3) is 0 Å². The maximum atomic E-state index is 11.0. The van der Waals surface area contributed by atoms with E-state index in [1.54, 1.807) is 12.1 Å². The maximum absolute atomic E-state index is 11.0. The minimum absolute atomic E-state index is 0.143. The van der Waals surface area contributed by atoms with Gasteiger partial charge in [0.15, 0.2) is 5.75 Å². The minimum atomic E-state index is -0.999. The van der Waals surface area contributed by atoms with Crippen LogP contribution >= 0.6 is 11.8 Å². The van der Waals surface area contributed by atoms with Gasteiger partial charge >= 0.3 is 11.7 Å². The van der Waals surface area contributed by atoms with Crippen molar-refractivity contribution >= 4 is 23.4 Å². The van der Waals surface area contributed by atoms with Gasteiger partial charge in [0.2, 0.25) is 0 Å². The number of hydrogen-bond donors (Lipinski definition) is 2. The molecule has 0 heterocycles. The molecule has 0 amide bonds. The minimum Gasteiger partial charge on any atom is -0.490 e. The Kier molecular flexibility index (Phi) is 5.58. The second kappa shape index (κ2) is 6.95. The van der Waals surface area contributed by atoms with E-state index in [-0.39, 0.29) is 17.2 Å². The van der Waals surface area contributed by atoms with Crippen LogP contribution in [0.4, 0.5) is 5.69 Å².